The Balaban J connectivity index is 1.29. The topological polar surface area (TPSA) is 64.5 Å². The molecule has 1 aromatic heterocycles. The molecule has 8 heteroatoms. The van der Waals surface area contributed by atoms with Gasteiger partial charge in [-0.1, -0.05) is 30.3 Å². The van der Waals surface area contributed by atoms with Gasteiger partial charge in [0.1, 0.15) is 5.82 Å². The molecule has 1 aliphatic rings. The second-order valence-corrected chi connectivity index (χ2v) is 7.39. The molecule has 1 unspecified atom stereocenters. The molecule has 1 fully saturated rings. The average molecular weight is 399 g/mol. The molecule has 2 aromatic carbocycles. The standard InChI is InChI=1S/C20H22FN5OS/c21-16-6-8-17(9-7-16)25-10-12-26(13-11-25)20-23-19(24-28-20)22-14-18(27)15-4-2-1-3-5-15/h1-9,18,27H,10-14H2,(H,22,24). The van der Waals surface area contributed by atoms with Crippen LogP contribution in [0.25, 0.3) is 0 Å². The van der Waals surface area contributed by atoms with E-state index in [0.29, 0.717) is 12.5 Å². The molecule has 0 radical (unpaired) electrons. The van der Waals surface area contributed by atoms with E-state index in [1.807, 2.05) is 42.5 Å². The van der Waals surface area contributed by atoms with Gasteiger partial charge in [0.15, 0.2) is 0 Å². The number of rotatable bonds is 6. The minimum atomic E-state index is -0.604. The number of hydrogen-bond donors (Lipinski definition) is 2. The first-order chi connectivity index (χ1) is 13.7. The molecule has 1 saturated heterocycles. The number of anilines is 3. The van der Waals surface area contributed by atoms with E-state index < -0.39 is 6.10 Å². The molecule has 6 nitrogen and oxygen atoms in total. The minimum absolute atomic E-state index is 0.214. The third-order valence-corrected chi connectivity index (χ3v) is 5.57. The van der Waals surface area contributed by atoms with E-state index in [-0.39, 0.29) is 5.82 Å². The van der Waals surface area contributed by atoms with Gasteiger partial charge in [0, 0.05) is 49.9 Å². The lowest BCUT2D eigenvalue weighted by molar-refractivity contribution is 0.191. The molecule has 3 aromatic rings. The molecule has 2 N–H and O–H groups in total. The second-order valence-electron chi connectivity index (χ2n) is 6.66. The summed E-state index contributed by atoms with van der Waals surface area (Å²) >= 11 is 1.36. The first-order valence-electron chi connectivity index (χ1n) is 9.25. The summed E-state index contributed by atoms with van der Waals surface area (Å²) in [7, 11) is 0. The molecule has 146 valence electrons. The zero-order chi connectivity index (χ0) is 19.3. The van der Waals surface area contributed by atoms with Crippen molar-refractivity contribution in [3.63, 3.8) is 0 Å². The summed E-state index contributed by atoms with van der Waals surface area (Å²) in [6.07, 6.45) is -0.604. The van der Waals surface area contributed by atoms with Crippen molar-refractivity contribution in [3.05, 3.63) is 66.0 Å². The quantitative estimate of drug-likeness (QED) is 0.664. The van der Waals surface area contributed by atoms with Crippen LogP contribution in [-0.4, -0.2) is 47.2 Å². The Hall–Kier alpha value is -2.71. The van der Waals surface area contributed by atoms with E-state index in [0.717, 1.165) is 42.6 Å². The SMILES string of the molecule is OC(CNc1nsc(N2CCN(c3ccc(F)cc3)CC2)n1)c1ccccc1. The molecule has 0 saturated carbocycles. The van der Waals surface area contributed by atoms with Gasteiger partial charge in [0.2, 0.25) is 11.1 Å². The lowest BCUT2D eigenvalue weighted by Gasteiger charge is -2.35. The molecule has 0 aliphatic carbocycles. The Morgan fingerprint density at radius 2 is 1.68 bits per heavy atom. The fourth-order valence-corrected chi connectivity index (χ4v) is 3.90. The van der Waals surface area contributed by atoms with Gasteiger partial charge in [-0.3, -0.25) is 0 Å². The molecule has 2 heterocycles. The molecule has 1 aliphatic heterocycles. The fraction of sp³-hybridized carbons (Fsp3) is 0.300. The van der Waals surface area contributed by atoms with Crippen LogP contribution in [-0.2, 0) is 0 Å². The molecule has 1 atom stereocenters. The zero-order valence-corrected chi connectivity index (χ0v) is 16.1. The van der Waals surface area contributed by atoms with Gasteiger partial charge in [-0.05, 0) is 29.8 Å². The van der Waals surface area contributed by atoms with Crippen molar-refractivity contribution in [2.45, 2.75) is 6.10 Å². The molecule has 0 bridgehead atoms. The van der Waals surface area contributed by atoms with Crippen LogP contribution in [0.3, 0.4) is 0 Å². The van der Waals surface area contributed by atoms with Crippen molar-refractivity contribution in [1.82, 2.24) is 9.36 Å². The normalized spacial score (nSPS) is 15.5. The number of aromatic nitrogens is 2. The smallest absolute Gasteiger partial charge is 0.236 e. The highest BCUT2D eigenvalue weighted by Gasteiger charge is 2.20. The fourth-order valence-electron chi connectivity index (χ4n) is 3.20. The Morgan fingerprint density at radius 3 is 2.39 bits per heavy atom. The highest BCUT2D eigenvalue weighted by Crippen LogP contribution is 2.24. The van der Waals surface area contributed by atoms with Gasteiger partial charge in [-0.15, -0.1) is 0 Å². The lowest BCUT2D eigenvalue weighted by atomic mass is 10.1. The first kappa shape index (κ1) is 18.6. The van der Waals surface area contributed by atoms with E-state index in [4.69, 9.17) is 0 Å². The number of piperazine rings is 1. The summed E-state index contributed by atoms with van der Waals surface area (Å²) in [5, 5.41) is 14.2. The van der Waals surface area contributed by atoms with Crippen molar-refractivity contribution in [2.24, 2.45) is 0 Å². The largest absolute Gasteiger partial charge is 0.387 e. The van der Waals surface area contributed by atoms with E-state index in [1.54, 1.807) is 0 Å². The second kappa shape index (κ2) is 8.53. The van der Waals surface area contributed by atoms with E-state index in [9.17, 15) is 9.50 Å². The lowest BCUT2D eigenvalue weighted by Crippen LogP contribution is -2.46. The Labute approximate surface area is 167 Å². The van der Waals surface area contributed by atoms with Gasteiger partial charge in [-0.25, -0.2) is 4.39 Å². The summed E-state index contributed by atoms with van der Waals surface area (Å²) < 4.78 is 17.4. The van der Waals surface area contributed by atoms with Crippen LogP contribution in [0.15, 0.2) is 54.6 Å². The third kappa shape index (κ3) is 4.40. The van der Waals surface area contributed by atoms with Crippen LogP contribution in [0, 0.1) is 5.82 Å². The van der Waals surface area contributed by atoms with Crippen molar-refractivity contribution < 1.29 is 9.50 Å². The Bertz CT molecular complexity index is 881. The predicted molar refractivity (Wildman–Crippen MR) is 111 cm³/mol. The Kier molecular flexibility index (Phi) is 5.68. The number of aliphatic hydroxyl groups is 1. The molecule has 28 heavy (non-hydrogen) atoms. The number of halogens is 1. The van der Waals surface area contributed by atoms with Crippen LogP contribution in [0.2, 0.25) is 0 Å². The molecule has 4 rings (SSSR count). The summed E-state index contributed by atoms with van der Waals surface area (Å²) in [6, 6.07) is 16.1. The molecular weight excluding hydrogens is 377 g/mol. The van der Waals surface area contributed by atoms with Gasteiger partial charge in [-0.2, -0.15) is 9.36 Å². The van der Waals surface area contributed by atoms with E-state index in [2.05, 4.69) is 24.5 Å². The average Bonchev–Trinajstić information content (AvgIpc) is 3.22. The minimum Gasteiger partial charge on any atom is -0.387 e. The number of aliphatic hydroxyl groups excluding tert-OH is 1. The van der Waals surface area contributed by atoms with Crippen molar-refractivity contribution >= 4 is 28.3 Å². The monoisotopic (exact) mass is 399 g/mol. The van der Waals surface area contributed by atoms with Crippen LogP contribution < -0.4 is 15.1 Å². The highest BCUT2D eigenvalue weighted by atomic mass is 32.1. The highest BCUT2D eigenvalue weighted by molar-refractivity contribution is 7.09. The predicted octanol–water partition coefficient (Wildman–Crippen LogP) is 3.15. The van der Waals surface area contributed by atoms with Crippen LogP contribution in [0.1, 0.15) is 11.7 Å². The van der Waals surface area contributed by atoms with Crippen LogP contribution in [0.5, 0.6) is 0 Å². The summed E-state index contributed by atoms with van der Waals surface area (Å²) in [5.74, 6) is 0.324. The van der Waals surface area contributed by atoms with Gasteiger partial charge >= 0.3 is 0 Å². The number of hydrogen-bond acceptors (Lipinski definition) is 7. The first-order valence-corrected chi connectivity index (χ1v) is 10.0. The summed E-state index contributed by atoms with van der Waals surface area (Å²) in [6.45, 7) is 3.72. The maximum Gasteiger partial charge on any atom is 0.236 e. The van der Waals surface area contributed by atoms with Gasteiger partial charge in [0.05, 0.1) is 6.10 Å². The maximum atomic E-state index is 13.1. The molecular formula is C20H22FN5OS. The van der Waals surface area contributed by atoms with Crippen molar-refractivity contribution in [3.8, 4) is 0 Å². The van der Waals surface area contributed by atoms with Gasteiger partial charge < -0.3 is 20.2 Å². The van der Waals surface area contributed by atoms with E-state index in [1.165, 1.54) is 23.7 Å². The van der Waals surface area contributed by atoms with Crippen molar-refractivity contribution in [1.29, 1.82) is 0 Å². The van der Waals surface area contributed by atoms with Crippen LogP contribution >= 0.6 is 11.5 Å². The van der Waals surface area contributed by atoms with Crippen LogP contribution in [0.4, 0.5) is 21.2 Å². The third-order valence-electron chi connectivity index (χ3n) is 4.80. The number of benzene rings is 2. The maximum absolute atomic E-state index is 13.1. The number of nitrogens with zero attached hydrogens (tertiary/aromatic N) is 4. The van der Waals surface area contributed by atoms with Crippen molar-refractivity contribution in [2.75, 3.05) is 47.8 Å². The molecule has 0 spiro atoms. The summed E-state index contributed by atoms with van der Waals surface area (Å²) in [4.78, 5) is 9.00. The summed E-state index contributed by atoms with van der Waals surface area (Å²) in [5.41, 5.74) is 1.90. The number of nitrogens with one attached hydrogen (secondary N) is 1. The molecule has 0 amide bonds. The zero-order valence-electron chi connectivity index (χ0n) is 15.3. The van der Waals surface area contributed by atoms with Gasteiger partial charge in [0.25, 0.3) is 0 Å². The Morgan fingerprint density at radius 1 is 1.00 bits per heavy atom. The van der Waals surface area contributed by atoms with E-state index >= 15 is 0 Å².